The van der Waals surface area contributed by atoms with Crippen LogP contribution >= 0.6 is 0 Å². The Hall–Kier alpha value is 1.70. The summed E-state index contributed by atoms with van der Waals surface area (Å²) in [6.45, 7) is 1.91. The quantitative estimate of drug-likeness (QED) is 0.0532. The van der Waals surface area contributed by atoms with Gasteiger partial charge < -0.3 is 0 Å². The summed E-state index contributed by atoms with van der Waals surface area (Å²) in [6, 6.07) is 20.3. The van der Waals surface area contributed by atoms with Crippen LogP contribution in [0.25, 0.3) is 0 Å². The van der Waals surface area contributed by atoms with Crippen molar-refractivity contribution in [1.29, 1.82) is 5.26 Å². The Bertz CT molecular complexity index is 2980. The largest absolute Gasteiger partial charge is 0.264 e. The molecule has 81 heteroatoms. The van der Waals surface area contributed by atoms with Gasteiger partial charge in [0.25, 0.3) is 10.0 Å². The Kier molecular flexibility index (Phi) is 44.9. The normalized spacial score (nSPS) is 11.6. The fraction of sp³-hybridized carbons (Fsp3) is 0.240. The summed E-state index contributed by atoms with van der Waals surface area (Å²) in [5.74, 6) is -0.449. The third-order valence-electron chi connectivity index (χ3n) is 21.6. The SMILES string of the molecule is Cc1ccc(S(=O)(=O)N2c3cc(F)ccc3CCC2CCc2ccc(C#N)cc2)cc1.[B][B]B([B])B(B(B([B])[B])B([B])[B])B(B(B(B([B])[B])B([B])[B])B(B([B])[B])B([B])[B])B(B(B(B([B])[B])B([B])[B])B(B([B])[B])B([B])[B])B(B(B(B([B])[B])B([B])[B])B(B([B])[B])B([B])[B])B(B(B([B])[B])B([B])[B])B(B([B])[B])B([B])[B]. The smallest absolute Gasteiger partial charge is 0.263 e. The molecule has 0 N–H and O–H groups in total. The van der Waals surface area contributed by atoms with Gasteiger partial charge in [0.15, 0.2) is 0 Å². The fourth-order valence-corrected chi connectivity index (χ4v) is 19.0. The molecule has 4 nitrogen and oxygen atoms in total. The van der Waals surface area contributed by atoms with Gasteiger partial charge in [-0.2, -0.15) is 5.26 Å². The van der Waals surface area contributed by atoms with Crippen LogP contribution in [0.3, 0.4) is 0 Å². The van der Waals surface area contributed by atoms with E-state index in [9.17, 15) is 12.8 Å². The predicted molar refractivity (Wildman–Crippen MR) is 550 cm³/mol. The highest BCUT2D eigenvalue weighted by atomic mass is 32.2. The van der Waals surface area contributed by atoms with Gasteiger partial charge in [-0.15, -0.1) is 0 Å². The Balaban J connectivity index is 0.000000767. The van der Waals surface area contributed by atoms with Crippen LogP contribution in [0.4, 0.5) is 10.1 Å². The molecule has 1 unspecified atom stereocenters. The number of hydrogen-bond acceptors (Lipinski definition) is 3. The number of rotatable bonds is 41. The van der Waals surface area contributed by atoms with Crippen LogP contribution in [0.1, 0.15) is 35.1 Å². The molecule has 0 aromatic heterocycles. The zero-order valence-electron chi connectivity index (χ0n) is 60.6. The molecule has 3 aromatic rings. The van der Waals surface area contributed by atoms with E-state index in [1.165, 1.54) is 16.4 Å². The lowest BCUT2D eigenvalue weighted by Crippen LogP contribution is -2.99. The minimum absolute atomic E-state index is 0.207. The van der Waals surface area contributed by atoms with E-state index < -0.39 is 246 Å². The van der Waals surface area contributed by atoms with Crippen molar-refractivity contribution in [2.75, 3.05) is 4.31 Å². The summed E-state index contributed by atoms with van der Waals surface area (Å²) in [6.07, 6.45) is -54.9. The van der Waals surface area contributed by atoms with Crippen LogP contribution in [-0.2, 0) is 22.9 Å². The zero-order valence-corrected chi connectivity index (χ0v) is 61.4. The van der Waals surface area contributed by atoms with E-state index in [-0.39, 0.29) is 10.9 Å². The molecule has 4 rings (SSSR count). The monoisotopic (exact) mass is 1260 g/mol. The second kappa shape index (κ2) is 46.7. The standard InChI is InChI=1S/C25H23FN2O2S.B75/c1-18-2-14-24(15-3-18)31(29,30)28-23(12-8-19-4-6-20(17-27)7-5-19)13-10-21-9-11-22(26)16-25(21)28;1-39-58(38)68(59(40(2)3)41(4)5)73(69(60(42(6)7)43(8)9)61(44(10)11)45(12)13)75(72(66(54(30)31)55(32)33)67(56(34)35)57(36)37)74(70(62(46(14)15)47(16)17)63(48(18)19)49(20)21)71(64(50(22)23)51(24)25)65(52(26)27)53(28)29/h2-7,9,11,14-16,23H,8,10,12-13H2,1H3;. The number of benzene rings is 3. The van der Waals surface area contributed by atoms with Gasteiger partial charge in [0.05, 0.1) is 22.2 Å². The van der Waals surface area contributed by atoms with E-state index in [0.29, 0.717) is 36.9 Å². The number of sulfonamides is 1. The van der Waals surface area contributed by atoms with E-state index in [2.05, 4.69) is 6.07 Å². The van der Waals surface area contributed by atoms with Crippen LogP contribution in [0, 0.1) is 24.1 Å². The topological polar surface area (TPSA) is 61.2 Å². The number of anilines is 1. The van der Waals surface area contributed by atoms with Crippen LogP contribution < -0.4 is 4.31 Å². The van der Waals surface area contributed by atoms with Crippen molar-refractivity contribution in [1.82, 2.24) is 0 Å². The molecule has 0 fully saturated rings. The Morgan fingerprint density at radius 3 is 0.925 bits per heavy atom. The average molecular weight is 1250 g/mol. The first kappa shape index (κ1) is 102. The average Bonchev–Trinajstić information content (AvgIpc) is 0.719. The third kappa shape index (κ3) is 26.6. The van der Waals surface area contributed by atoms with E-state index in [0.717, 1.165) is 23.8 Å². The molecule has 1 atom stereocenters. The van der Waals surface area contributed by atoms with Gasteiger partial charge in [0.1, 0.15) is 5.82 Å². The van der Waals surface area contributed by atoms with Crippen molar-refractivity contribution in [3.05, 3.63) is 94.8 Å². The first-order valence-corrected chi connectivity index (χ1v) is 36.4. The first-order valence-electron chi connectivity index (χ1n) is 34.9. The molecule has 3 aromatic carbocycles. The van der Waals surface area contributed by atoms with Crippen molar-refractivity contribution < 1.29 is 12.8 Å². The predicted octanol–water partition coefficient (Wildman–Crippen LogP) is -23.4. The number of nitrogens with zero attached hydrogens (tertiary/aromatic N) is 2. The molecule has 1 aliphatic rings. The maximum Gasteiger partial charge on any atom is 0.264 e. The molecule has 0 aliphatic carbocycles. The summed E-state index contributed by atoms with van der Waals surface area (Å²) < 4.78 is 42.8. The summed E-state index contributed by atoms with van der Waals surface area (Å²) in [7, 11) is 256. The lowest BCUT2D eigenvalue weighted by atomic mass is 8.21. The van der Waals surface area contributed by atoms with Crippen LogP contribution in [0.5, 0.6) is 0 Å². The molecule has 0 saturated heterocycles. The minimum atomic E-state index is -3.85. The number of halogens is 1. The highest BCUT2D eigenvalue weighted by Crippen LogP contribution is 2.38. The highest BCUT2D eigenvalue weighted by molar-refractivity contribution is 8.40. The number of fused-ring (bicyclic) bond motifs is 1. The van der Waals surface area contributed by atoms with E-state index in [1.54, 1.807) is 42.5 Å². The van der Waals surface area contributed by atoms with Gasteiger partial charge in [-0.3, -0.25) is 4.31 Å². The summed E-state index contributed by atoms with van der Waals surface area (Å²) in [5, 5.41) is 8.97. The van der Waals surface area contributed by atoms with Crippen LogP contribution in [0.2, 0.25) is 0 Å². The molecule has 77 radical (unpaired) electrons. The lowest BCUT2D eigenvalue weighted by Gasteiger charge is -2.61. The summed E-state index contributed by atoms with van der Waals surface area (Å²) in [4.78, 5) is 0.207. The number of aryl methyl sites for hydroxylation is 3. The lowest BCUT2D eigenvalue weighted by molar-refractivity contribution is 0.521. The van der Waals surface area contributed by atoms with E-state index in [1.807, 2.05) is 19.1 Å². The molecule has 0 saturated carbocycles. The van der Waals surface area contributed by atoms with E-state index >= 15 is 0 Å². The van der Waals surface area contributed by atoms with Gasteiger partial charge in [0, 0.05) is 537 Å². The molecule has 106 heavy (non-hydrogen) atoms. The Morgan fingerprint density at radius 1 is 0.396 bits per heavy atom. The maximum absolute atomic E-state index is 14.1. The molecular weight excluding hydrogens is 1220 g/mol. The van der Waals surface area contributed by atoms with Gasteiger partial charge in [-0.05, 0) is 80.1 Å². The Morgan fingerprint density at radius 2 is 0.660 bits per heavy atom. The second-order valence-corrected chi connectivity index (χ2v) is 30.7. The van der Waals surface area contributed by atoms with Gasteiger partial charge in [0.2, 0.25) is 0 Å². The van der Waals surface area contributed by atoms with Gasteiger partial charge >= 0.3 is 0 Å². The second-order valence-electron chi connectivity index (χ2n) is 28.9. The van der Waals surface area contributed by atoms with Crippen LogP contribution in [-0.4, -0.2) is 545 Å². The molecule has 1 aliphatic heterocycles. The maximum atomic E-state index is 14.1. The van der Waals surface area contributed by atoms with Crippen LogP contribution in [0.15, 0.2) is 71.6 Å². The molecule has 0 spiro atoms. The minimum Gasteiger partial charge on any atom is -0.263 e. The first-order chi connectivity index (χ1) is 49.0. The summed E-state index contributed by atoms with van der Waals surface area (Å²) >= 11 is 0. The summed E-state index contributed by atoms with van der Waals surface area (Å²) in [5.41, 5.74) is 3.87. The van der Waals surface area contributed by atoms with Gasteiger partial charge in [-0.25, -0.2) is 12.8 Å². The van der Waals surface area contributed by atoms with Crippen molar-refractivity contribution in [2.24, 2.45) is 0 Å². The fourth-order valence-electron chi connectivity index (χ4n) is 17.3. The molecule has 0 amide bonds. The van der Waals surface area contributed by atoms with E-state index in [4.69, 9.17) is 299 Å². The molecular formula is C25H23B75FN2O2S. The number of nitriles is 1. The zero-order chi connectivity index (χ0) is 81.5. The van der Waals surface area contributed by atoms with Crippen molar-refractivity contribution in [3.63, 3.8) is 0 Å². The van der Waals surface area contributed by atoms with Crippen molar-refractivity contribution >= 4 is 547 Å². The molecule has 0 bridgehead atoms. The molecule has 383 valence electrons. The van der Waals surface area contributed by atoms with Crippen molar-refractivity contribution in [2.45, 2.75) is 43.5 Å². The van der Waals surface area contributed by atoms with Crippen molar-refractivity contribution in [3.8, 4) is 6.07 Å². The third-order valence-corrected chi connectivity index (χ3v) is 23.4. The molecule has 1 heterocycles. The Labute approximate surface area is 706 Å². The highest BCUT2D eigenvalue weighted by Gasteiger charge is 2.65. The number of hydrogen-bond donors (Lipinski definition) is 0. The van der Waals surface area contributed by atoms with Gasteiger partial charge in [-0.1, -0.05) is 35.9 Å².